The molecule has 0 fully saturated rings. The maximum absolute atomic E-state index is 13.5. The summed E-state index contributed by atoms with van der Waals surface area (Å²) in [6.07, 6.45) is 2.63. The molecule has 0 bridgehead atoms. The molecule has 0 saturated carbocycles. The predicted molar refractivity (Wildman–Crippen MR) is 86.9 cm³/mol. The van der Waals surface area contributed by atoms with Crippen molar-refractivity contribution in [2.45, 2.75) is 39.2 Å². The van der Waals surface area contributed by atoms with Gasteiger partial charge in [-0.1, -0.05) is 29.8 Å². The summed E-state index contributed by atoms with van der Waals surface area (Å²) >= 11 is 3.34. The molecule has 0 aliphatic carbocycles. The molecule has 114 valence electrons. The summed E-state index contributed by atoms with van der Waals surface area (Å²) in [5.41, 5.74) is 0.949. The number of benzene rings is 1. The molecule has 0 aliphatic heterocycles. The minimum absolute atomic E-state index is 0.0685. The van der Waals surface area contributed by atoms with Crippen molar-refractivity contribution in [3.8, 4) is 0 Å². The molecule has 1 unspecified atom stereocenters. The second-order valence-corrected chi connectivity index (χ2v) is 6.06. The highest BCUT2D eigenvalue weighted by atomic mass is 79.9. The molecule has 0 spiro atoms. The van der Waals surface area contributed by atoms with Crippen LogP contribution in [0.5, 0.6) is 0 Å². The SMILES string of the molecule is CCCNC(Cc1cc(F)cc(Br)c1)c1ccc(CC)o1. The first-order valence-electron chi connectivity index (χ1n) is 7.39. The lowest BCUT2D eigenvalue weighted by atomic mass is 10.0. The van der Waals surface area contributed by atoms with E-state index in [2.05, 4.69) is 35.1 Å². The molecule has 2 aromatic rings. The number of furan rings is 1. The summed E-state index contributed by atoms with van der Waals surface area (Å²) in [7, 11) is 0. The van der Waals surface area contributed by atoms with Crippen molar-refractivity contribution < 1.29 is 8.81 Å². The number of halogens is 2. The highest BCUT2D eigenvalue weighted by Gasteiger charge is 2.16. The maximum atomic E-state index is 13.5. The van der Waals surface area contributed by atoms with E-state index in [9.17, 15) is 4.39 Å². The van der Waals surface area contributed by atoms with E-state index in [-0.39, 0.29) is 11.9 Å². The lowest BCUT2D eigenvalue weighted by Crippen LogP contribution is -2.23. The summed E-state index contributed by atoms with van der Waals surface area (Å²) in [4.78, 5) is 0. The van der Waals surface area contributed by atoms with Crippen LogP contribution in [0.3, 0.4) is 0 Å². The van der Waals surface area contributed by atoms with Crippen LogP contribution in [0, 0.1) is 5.82 Å². The number of hydrogen-bond acceptors (Lipinski definition) is 2. The lowest BCUT2D eigenvalue weighted by molar-refractivity contribution is 0.392. The van der Waals surface area contributed by atoms with Gasteiger partial charge in [0.05, 0.1) is 6.04 Å². The van der Waals surface area contributed by atoms with Crippen molar-refractivity contribution in [3.63, 3.8) is 0 Å². The molecular formula is C17H21BrFNO. The molecule has 0 radical (unpaired) electrons. The summed E-state index contributed by atoms with van der Waals surface area (Å²) in [6, 6.07) is 9.10. The first-order chi connectivity index (χ1) is 10.1. The van der Waals surface area contributed by atoms with Crippen LogP contribution in [0.25, 0.3) is 0 Å². The second kappa shape index (κ2) is 7.76. The van der Waals surface area contributed by atoms with Gasteiger partial charge in [0.15, 0.2) is 0 Å². The van der Waals surface area contributed by atoms with Gasteiger partial charge in [0, 0.05) is 10.9 Å². The fraction of sp³-hybridized carbons (Fsp3) is 0.412. The minimum Gasteiger partial charge on any atom is -0.464 e. The van der Waals surface area contributed by atoms with Crippen LogP contribution in [-0.4, -0.2) is 6.54 Å². The topological polar surface area (TPSA) is 25.2 Å². The van der Waals surface area contributed by atoms with Crippen LogP contribution in [0.1, 0.15) is 43.4 Å². The highest BCUT2D eigenvalue weighted by molar-refractivity contribution is 9.10. The number of nitrogens with one attached hydrogen (secondary N) is 1. The van der Waals surface area contributed by atoms with Crippen molar-refractivity contribution >= 4 is 15.9 Å². The largest absolute Gasteiger partial charge is 0.464 e. The quantitative estimate of drug-likeness (QED) is 0.755. The first-order valence-corrected chi connectivity index (χ1v) is 8.18. The molecule has 0 amide bonds. The summed E-state index contributed by atoms with van der Waals surface area (Å²) < 4.78 is 20.1. The molecule has 1 aromatic heterocycles. The lowest BCUT2D eigenvalue weighted by Gasteiger charge is -2.17. The normalized spacial score (nSPS) is 12.6. The Hall–Kier alpha value is -1.13. The van der Waals surface area contributed by atoms with E-state index in [4.69, 9.17) is 4.42 Å². The molecule has 2 rings (SSSR count). The molecule has 21 heavy (non-hydrogen) atoms. The van der Waals surface area contributed by atoms with Gasteiger partial charge in [-0.2, -0.15) is 0 Å². The molecule has 2 nitrogen and oxygen atoms in total. The third kappa shape index (κ3) is 4.68. The van der Waals surface area contributed by atoms with Gasteiger partial charge in [-0.3, -0.25) is 0 Å². The number of rotatable bonds is 7. The van der Waals surface area contributed by atoms with Crippen molar-refractivity contribution in [2.24, 2.45) is 0 Å². The number of aryl methyl sites for hydroxylation is 1. The Bertz CT molecular complexity index is 562. The van der Waals surface area contributed by atoms with E-state index in [0.717, 1.165) is 40.9 Å². The van der Waals surface area contributed by atoms with E-state index >= 15 is 0 Å². The van der Waals surface area contributed by atoms with Gasteiger partial charge in [-0.15, -0.1) is 0 Å². The summed E-state index contributed by atoms with van der Waals surface area (Å²) in [5, 5.41) is 3.48. The zero-order valence-corrected chi connectivity index (χ0v) is 14.0. The van der Waals surface area contributed by atoms with Crippen molar-refractivity contribution in [1.29, 1.82) is 0 Å². The predicted octanol–water partition coefficient (Wildman–Crippen LogP) is 5.03. The molecule has 4 heteroatoms. The monoisotopic (exact) mass is 353 g/mol. The third-order valence-electron chi connectivity index (χ3n) is 3.38. The van der Waals surface area contributed by atoms with Crippen molar-refractivity contribution in [1.82, 2.24) is 5.32 Å². The Morgan fingerprint density at radius 1 is 1.24 bits per heavy atom. The van der Waals surface area contributed by atoms with Gasteiger partial charge >= 0.3 is 0 Å². The molecular weight excluding hydrogens is 333 g/mol. The van der Waals surface area contributed by atoms with E-state index in [1.54, 1.807) is 6.07 Å². The van der Waals surface area contributed by atoms with Crippen LogP contribution in [0.15, 0.2) is 39.2 Å². The molecule has 0 aliphatic rings. The van der Waals surface area contributed by atoms with E-state index in [1.807, 2.05) is 18.2 Å². The van der Waals surface area contributed by atoms with Gasteiger partial charge < -0.3 is 9.73 Å². The third-order valence-corrected chi connectivity index (χ3v) is 3.84. The van der Waals surface area contributed by atoms with Crippen molar-refractivity contribution in [3.05, 3.63) is 57.7 Å². The van der Waals surface area contributed by atoms with Gasteiger partial charge in [0.1, 0.15) is 17.3 Å². The van der Waals surface area contributed by atoms with Crippen LogP contribution < -0.4 is 5.32 Å². The minimum atomic E-state index is -0.220. The van der Waals surface area contributed by atoms with Crippen LogP contribution in [-0.2, 0) is 12.8 Å². The fourth-order valence-corrected chi connectivity index (χ4v) is 2.84. The van der Waals surface area contributed by atoms with E-state index in [1.165, 1.54) is 6.07 Å². The Labute approximate surface area is 133 Å². The Balaban J connectivity index is 2.19. The zero-order valence-electron chi connectivity index (χ0n) is 12.5. The van der Waals surface area contributed by atoms with Crippen LogP contribution in [0.4, 0.5) is 4.39 Å². The summed E-state index contributed by atoms with van der Waals surface area (Å²) in [5.74, 6) is 1.68. The zero-order chi connectivity index (χ0) is 15.2. The van der Waals surface area contributed by atoms with Gasteiger partial charge in [0.2, 0.25) is 0 Å². The van der Waals surface area contributed by atoms with Crippen LogP contribution >= 0.6 is 15.9 Å². The average Bonchev–Trinajstić information content (AvgIpc) is 2.91. The number of hydrogen-bond donors (Lipinski definition) is 1. The first kappa shape index (κ1) is 16.2. The molecule has 1 atom stereocenters. The second-order valence-electron chi connectivity index (χ2n) is 5.15. The molecule has 1 N–H and O–H groups in total. The Kier molecular flexibility index (Phi) is 6.00. The highest BCUT2D eigenvalue weighted by Crippen LogP contribution is 2.24. The van der Waals surface area contributed by atoms with Gasteiger partial charge in [-0.25, -0.2) is 4.39 Å². The summed E-state index contributed by atoms with van der Waals surface area (Å²) in [6.45, 7) is 5.10. The van der Waals surface area contributed by atoms with Crippen molar-refractivity contribution in [2.75, 3.05) is 6.54 Å². The standard InChI is InChI=1S/C17H21BrFNO/c1-3-7-20-16(17-6-5-15(4-2)21-17)10-12-8-13(18)11-14(19)9-12/h5-6,8-9,11,16,20H,3-4,7,10H2,1-2H3. The van der Waals surface area contributed by atoms with E-state index in [0.29, 0.717) is 6.42 Å². The Morgan fingerprint density at radius 3 is 2.67 bits per heavy atom. The smallest absolute Gasteiger partial charge is 0.124 e. The average molecular weight is 354 g/mol. The molecule has 1 aromatic carbocycles. The Morgan fingerprint density at radius 2 is 2.05 bits per heavy atom. The van der Waals surface area contributed by atoms with Crippen LogP contribution in [0.2, 0.25) is 0 Å². The van der Waals surface area contributed by atoms with Gasteiger partial charge in [0.25, 0.3) is 0 Å². The maximum Gasteiger partial charge on any atom is 0.124 e. The van der Waals surface area contributed by atoms with E-state index < -0.39 is 0 Å². The molecule has 0 saturated heterocycles. The fourth-order valence-electron chi connectivity index (χ4n) is 2.33. The molecule has 1 heterocycles. The van der Waals surface area contributed by atoms with Gasteiger partial charge in [-0.05, 0) is 55.3 Å².